The lowest BCUT2D eigenvalue weighted by Gasteiger charge is -2.23. The monoisotopic (exact) mass is 696 g/mol. The van der Waals surface area contributed by atoms with Crippen molar-refractivity contribution in [3.8, 4) is 22.6 Å². The molecule has 4 aromatic heterocycles. The molecule has 0 bridgehead atoms. The fourth-order valence-corrected chi connectivity index (χ4v) is 8.26. The number of carboxylic acid groups (broad SMARTS) is 1. The van der Waals surface area contributed by atoms with E-state index in [2.05, 4.69) is 58.2 Å². The van der Waals surface area contributed by atoms with Crippen molar-refractivity contribution in [1.82, 2.24) is 34.7 Å². The number of nitrogens with zero attached hydrogens (tertiary/aromatic N) is 7. The average molecular weight is 697 g/mol. The van der Waals surface area contributed by atoms with Crippen molar-refractivity contribution in [2.45, 2.75) is 58.2 Å². The lowest BCUT2D eigenvalue weighted by atomic mass is 9.93. The summed E-state index contributed by atoms with van der Waals surface area (Å²) in [5.41, 5.74) is 10.6. The number of aliphatic hydroxyl groups excluding tert-OH is 1. The average Bonchev–Trinajstić information content (AvgIpc) is 3.95. The second kappa shape index (κ2) is 13.0. The minimum absolute atomic E-state index is 0.0479. The van der Waals surface area contributed by atoms with Gasteiger partial charge in [0.1, 0.15) is 5.52 Å². The number of oxazole rings is 1. The SMILES string of the molecule is Cc1c(Nc2nccc3cc(CN4CC[C@@H](O)C4)cnc23)cccc1-c1cccc(-c2nc3nc4c(nc3o2)[C@H](N2CC[C@@H](C(=O)O)C2)CC4)c1C. The van der Waals surface area contributed by atoms with Gasteiger partial charge in [-0.25, -0.2) is 15.0 Å². The van der Waals surface area contributed by atoms with Crippen molar-refractivity contribution in [2.75, 3.05) is 31.5 Å². The van der Waals surface area contributed by atoms with Gasteiger partial charge in [0.15, 0.2) is 5.82 Å². The Hall–Kier alpha value is -5.30. The van der Waals surface area contributed by atoms with Crippen LogP contribution in [0.4, 0.5) is 11.5 Å². The van der Waals surface area contributed by atoms with Crippen LogP contribution in [0.3, 0.4) is 0 Å². The number of aryl methyl sites for hydroxylation is 1. The number of likely N-dealkylation sites (tertiary alicyclic amines) is 2. The third-order valence-electron chi connectivity index (χ3n) is 11.1. The summed E-state index contributed by atoms with van der Waals surface area (Å²) in [6.07, 6.45) is 6.59. The number of β-amino-alcohol motifs (C(OH)–C–C–N with tert-alkyl or cyclic N) is 1. The number of benzene rings is 2. The van der Waals surface area contributed by atoms with Gasteiger partial charge in [0.25, 0.3) is 5.71 Å². The normalized spacial score (nSPS) is 20.6. The second-order valence-electron chi connectivity index (χ2n) is 14.4. The van der Waals surface area contributed by atoms with Crippen molar-refractivity contribution in [3.05, 3.63) is 89.0 Å². The minimum Gasteiger partial charge on any atom is -0.481 e. The first-order chi connectivity index (χ1) is 25.3. The highest BCUT2D eigenvalue weighted by molar-refractivity contribution is 5.91. The van der Waals surface area contributed by atoms with E-state index in [0.717, 1.165) is 100 Å². The third-order valence-corrected chi connectivity index (χ3v) is 11.1. The molecule has 1 aliphatic carbocycles. The molecule has 0 spiro atoms. The van der Waals surface area contributed by atoms with Crippen LogP contribution in [0.25, 0.3) is 44.8 Å². The molecular weight excluding hydrogens is 656 g/mol. The Morgan fingerprint density at radius 2 is 1.77 bits per heavy atom. The van der Waals surface area contributed by atoms with Gasteiger partial charge < -0.3 is 19.9 Å². The topological polar surface area (TPSA) is 154 Å². The van der Waals surface area contributed by atoms with Gasteiger partial charge in [0, 0.05) is 55.2 Å². The van der Waals surface area contributed by atoms with E-state index >= 15 is 0 Å². The van der Waals surface area contributed by atoms with Crippen LogP contribution in [-0.2, 0) is 17.8 Å². The molecule has 12 nitrogen and oxygen atoms in total. The number of hydrogen-bond acceptors (Lipinski definition) is 11. The number of aliphatic hydroxyl groups is 1. The number of carboxylic acids is 1. The van der Waals surface area contributed by atoms with Gasteiger partial charge in [-0.2, -0.15) is 4.98 Å². The predicted molar refractivity (Wildman–Crippen MR) is 197 cm³/mol. The Morgan fingerprint density at radius 1 is 0.942 bits per heavy atom. The smallest absolute Gasteiger partial charge is 0.307 e. The highest BCUT2D eigenvalue weighted by Crippen LogP contribution is 2.40. The van der Waals surface area contributed by atoms with E-state index in [4.69, 9.17) is 24.4 Å². The highest BCUT2D eigenvalue weighted by Gasteiger charge is 2.38. The van der Waals surface area contributed by atoms with Crippen molar-refractivity contribution >= 4 is 39.7 Å². The van der Waals surface area contributed by atoms with Crippen molar-refractivity contribution in [3.63, 3.8) is 0 Å². The summed E-state index contributed by atoms with van der Waals surface area (Å²) < 4.78 is 6.31. The van der Waals surface area contributed by atoms with Crippen LogP contribution >= 0.6 is 0 Å². The molecule has 6 aromatic rings. The van der Waals surface area contributed by atoms with Gasteiger partial charge in [0.05, 0.1) is 29.5 Å². The lowest BCUT2D eigenvalue weighted by Crippen LogP contribution is -2.27. The van der Waals surface area contributed by atoms with Gasteiger partial charge in [-0.15, -0.1) is 0 Å². The summed E-state index contributed by atoms with van der Waals surface area (Å²) in [4.78, 5) is 40.1. The minimum atomic E-state index is -0.734. The van der Waals surface area contributed by atoms with E-state index in [1.165, 1.54) is 0 Å². The number of rotatable bonds is 8. The van der Waals surface area contributed by atoms with E-state index < -0.39 is 5.97 Å². The number of aromatic nitrogens is 5. The summed E-state index contributed by atoms with van der Waals surface area (Å²) in [5.74, 6) is 0.0939. The van der Waals surface area contributed by atoms with E-state index in [1.807, 2.05) is 36.7 Å². The first-order valence-electron chi connectivity index (χ1n) is 18.0. The van der Waals surface area contributed by atoms with Crippen LogP contribution < -0.4 is 5.32 Å². The van der Waals surface area contributed by atoms with Crippen LogP contribution in [0.15, 0.2) is 65.3 Å². The molecule has 52 heavy (non-hydrogen) atoms. The Kier molecular flexibility index (Phi) is 8.17. The Bertz CT molecular complexity index is 2360. The molecule has 2 aliphatic heterocycles. The molecule has 12 heteroatoms. The zero-order valence-corrected chi connectivity index (χ0v) is 29.2. The van der Waals surface area contributed by atoms with Gasteiger partial charge in [-0.3, -0.25) is 19.6 Å². The molecule has 3 aliphatic rings. The molecule has 2 fully saturated rings. The van der Waals surface area contributed by atoms with Crippen molar-refractivity contribution in [2.24, 2.45) is 5.92 Å². The Labute approximate surface area is 300 Å². The number of carbonyl (C=O) groups is 1. The molecule has 6 heterocycles. The lowest BCUT2D eigenvalue weighted by molar-refractivity contribution is -0.141. The van der Waals surface area contributed by atoms with Crippen LogP contribution in [0.5, 0.6) is 0 Å². The maximum Gasteiger partial charge on any atom is 0.307 e. The molecule has 2 aromatic carbocycles. The van der Waals surface area contributed by atoms with E-state index in [0.29, 0.717) is 42.6 Å². The fourth-order valence-electron chi connectivity index (χ4n) is 8.26. The number of nitrogens with one attached hydrogen (secondary N) is 1. The molecule has 2 saturated heterocycles. The third kappa shape index (κ3) is 5.86. The number of anilines is 2. The number of pyridine rings is 2. The molecule has 0 amide bonds. The number of fused-ring (bicyclic) bond motifs is 3. The molecule has 3 N–H and O–H groups in total. The quantitative estimate of drug-likeness (QED) is 0.166. The van der Waals surface area contributed by atoms with Crippen LogP contribution in [-0.4, -0.2) is 83.2 Å². The highest BCUT2D eigenvalue weighted by atomic mass is 16.4. The van der Waals surface area contributed by atoms with E-state index in [-0.39, 0.29) is 18.1 Å². The first-order valence-corrected chi connectivity index (χ1v) is 18.0. The second-order valence-corrected chi connectivity index (χ2v) is 14.4. The number of hydrogen-bond donors (Lipinski definition) is 3. The largest absolute Gasteiger partial charge is 0.481 e. The molecular formula is C40H40N8O4. The summed E-state index contributed by atoms with van der Waals surface area (Å²) >= 11 is 0. The summed E-state index contributed by atoms with van der Waals surface area (Å²) in [6, 6.07) is 16.6. The van der Waals surface area contributed by atoms with Crippen molar-refractivity contribution in [1.29, 1.82) is 0 Å². The van der Waals surface area contributed by atoms with Gasteiger partial charge in [-0.1, -0.05) is 24.3 Å². The maximum absolute atomic E-state index is 11.6. The maximum atomic E-state index is 11.6. The molecule has 9 rings (SSSR count). The van der Waals surface area contributed by atoms with Crippen LogP contribution in [0, 0.1) is 19.8 Å². The number of aliphatic carboxylic acids is 1. The summed E-state index contributed by atoms with van der Waals surface area (Å²) in [7, 11) is 0. The molecule has 264 valence electrons. The van der Waals surface area contributed by atoms with Gasteiger partial charge >= 0.3 is 5.97 Å². The Balaban J connectivity index is 0.986. The summed E-state index contributed by atoms with van der Waals surface area (Å²) in [6.45, 7) is 7.82. The molecule has 3 atom stereocenters. The Morgan fingerprint density at radius 3 is 2.58 bits per heavy atom. The first kappa shape index (κ1) is 32.6. The molecule has 0 unspecified atom stereocenters. The molecule has 0 saturated carbocycles. The zero-order chi connectivity index (χ0) is 35.5. The zero-order valence-electron chi connectivity index (χ0n) is 29.2. The van der Waals surface area contributed by atoms with Gasteiger partial charge in [0.2, 0.25) is 11.5 Å². The van der Waals surface area contributed by atoms with Crippen LogP contribution in [0.1, 0.15) is 53.4 Å². The summed E-state index contributed by atoms with van der Waals surface area (Å²) in [5, 5.41) is 24.0. The fraction of sp³-hybridized carbons (Fsp3) is 0.350. The van der Waals surface area contributed by atoms with Crippen LogP contribution in [0.2, 0.25) is 0 Å². The van der Waals surface area contributed by atoms with E-state index in [9.17, 15) is 15.0 Å². The van der Waals surface area contributed by atoms with Crippen molar-refractivity contribution < 1.29 is 19.4 Å². The van der Waals surface area contributed by atoms with E-state index in [1.54, 1.807) is 0 Å². The predicted octanol–water partition coefficient (Wildman–Crippen LogP) is 6.22. The van der Waals surface area contributed by atoms with Gasteiger partial charge in [-0.05, 0) is 98.2 Å². The standard InChI is InChI=1S/C40H40N8O4/c1-22-28(5-3-7-30(22)38-46-37-39(52-38)45-35-32(44-37)9-10-33(35)48-16-12-26(20-48)40(50)51)29-6-4-8-31(23(29)2)43-36-34-25(11-14-41-36)17-24(18-42-34)19-47-15-13-27(49)21-47/h3-8,11,14,17-18,26-27,33,49H,9-10,12-13,15-16,19-21H2,1-2H3,(H,41,43)(H,50,51)/t26-,27-,33-/m1/s1. The molecule has 0 radical (unpaired) electrons.